The highest BCUT2D eigenvalue weighted by molar-refractivity contribution is 7.92. The molecule has 0 aromatic heterocycles. The molecule has 7 heteroatoms. The second-order valence-corrected chi connectivity index (χ2v) is 9.71. The van der Waals surface area contributed by atoms with Crippen molar-refractivity contribution in [2.75, 3.05) is 17.1 Å². The van der Waals surface area contributed by atoms with E-state index in [0.29, 0.717) is 17.9 Å². The molecule has 0 aliphatic rings. The molecule has 0 aliphatic heterocycles. The average molecular weight is 433 g/mol. The largest absolute Gasteiger partial charge is 0.491 e. The Morgan fingerprint density at radius 2 is 1.70 bits per heavy atom. The lowest BCUT2D eigenvalue weighted by Gasteiger charge is -2.24. The molecule has 1 amide bonds. The van der Waals surface area contributed by atoms with Gasteiger partial charge < -0.3 is 10.1 Å². The van der Waals surface area contributed by atoms with Crippen LogP contribution < -0.4 is 14.4 Å². The molecule has 1 atom stereocenters. The van der Waals surface area contributed by atoms with Crippen LogP contribution in [0.15, 0.2) is 42.5 Å². The van der Waals surface area contributed by atoms with Crippen molar-refractivity contribution in [1.29, 1.82) is 0 Å². The Morgan fingerprint density at radius 3 is 2.20 bits per heavy atom. The van der Waals surface area contributed by atoms with Crippen molar-refractivity contribution in [3.05, 3.63) is 59.2 Å². The van der Waals surface area contributed by atoms with E-state index < -0.39 is 10.0 Å². The van der Waals surface area contributed by atoms with Crippen molar-refractivity contribution in [2.45, 2.75) is 53.2 Å². The highest BCUT2D eigenvalue weighted by atomic mass is 32.2. The van der Waals surface area contributed by atoms with Crippen LogP contribution in [-0.4, -0.2) is 33.2 Å². The third kappa shape index (κ3) is 6.49. The fourth-order valence-corrected chi connectivity index (χ4v) is 3.99. The van der Waals surface area contributed by atoms with Crippen molar-refractivity contribution >= 4 is 21.6 Å². The molecule has 0 aliphatic carbocycles. The first-order valence-electron chi connectivity index (χ1n) is 10.1. The number of aryl methyl sites for hydroxylation is 2. The Bertz CT molecular complexity index is 969. The van der Waals surface area contributed by atoms with Gasteiger partial charge in [0, 0.05) is 0 Å². The van der Waals surface area contributed by atoms with Gasteiger partial charge >= 0.3 is 0 Å². The third-order valence-corrected chi connectivity index (χ3v) is 6.00. The number of anilines is 1. The summed E-state index contributed by atoms with van der Waals surface area (Å²) in [5, 5.41) is 2.97. The standard InChI is InChI=1S/C23H32N2O4S/c1-7-22(19-9-8-17(4)18(5)14-19)24-23(26)15-25(30(6,27)28)20-10-12-21(13-11-20)29-16(2)3/h8-14,16,22H,7,15H2,1-6H3,(H,24,26)/t22-/m0/s1. The lowest BCUT2D eigenvalue weighted by Crippen LogP contribution is -2.41. The van der Waals surface area contributed by atoms with Gasteiger partial charge in [-0.15, -0.1) is 0 Å². The maximum atomic E-state index is 12.7. The number of nitrogens with zero attached hydrogens (tertiary/aromatic N) is 1. The minimum Gasteiger partial charge on any atom is -0.491 e. The lowest BCUT2D eigenvalue weighted by molar-refractivity contribution is -0.120. The summed E-state index contributed by atoms with van der Waals surface area (Å²) in [6.07, 6.45) is 1.82. The van der Waals surface area contributed by atoms with Crippen LogP contribution in [0.25, 0.3) is 0 Å². The Labute approximate surface area is 180 Å². The van der Waals surface area contributed by atoms with Crippen molar-refractivity contribution in [1.82, 2.24) is 5.32 Å². The number of carbonyl (C=O) groups is 1. The highest BCUT2D eigenvalue weighted by Crippen LogP contribution is 2.23. The number of rotatable bonds is 9. The van der Waals surface area contributed by atoms with Crippen LogP contribution in [0.1, 0.15) is 49.9 Å². The molecule has 0 spiro atoms. The number of amides is 1. The van der Waals surface area contributed by atoms with Gasteiger partial charge in [0.25, 0.3) is 0 Å². The summed E-state index contributed by atoms with van der Waals surface area (Å²) < 4.78 is 31.4. The summed E-state index contributed by atoms with van der Waals surface area (Å²) in [7, 11) is -3.64. The molecule has 1 N–H and O–H groups in total. The predicted molar refractivity (Wildman–Crippen MR) is 121 cm³/mol. The number of nitrogens with one attached hydrogen (secondary N) is 1. The van der Waals surface area contributed by atoms with E-state index in [-0.39, 0.29) is 24.6 Å². The van der Waals surface area contributed by atoms with E-state index in [0.717, 1.165) is 21.7 Å². The van der Waals surface area contributed by atoms with Gasteiger partial charge in [-0.3, -0.25) is 9.10 Å². The molecule has 0 bridgehead atoms. The second-order valence-electron chi connectivity index (χ2n) is 7.80. The van der Waals surface area contributed by atoms with Crippen LogP contribution >= 0.6 is 0 Å². The first kappa shape index (κ1) is 23.7. The van der Waals surface area contributed by atoms with Gasteiger partial charge in [0.1, 0.15) is 12.3 Å². The number of sulfonamides is 1. The number of benzene rings is 2. The summed E-state index contributed by atoms with van der Waals surface area (Å²) >= 11 is 0. The fraction of sp³-hybridized carbons (Fsp3) is 0.435. The zero-order valence-electron chi connectivity index (χ0n) is 18.6. The molecule has 6 nitrogen and oxygen atoms in total. The molecule has 0 saturated heterocycles. The van der Waals surface area contributed by atoms with Crippen molar-refractivity contribution in [3.8, 4) is 5.75 Å². The van der Waals surface area contributed by atoms with Crippen molar-refractivity contribution in [3.63, 3.8) is 0 Å². The molecule has 164 valence electrons. The van der Waals surface area contributed by atoms with E-state index in [9.17, 15) is 13.2 Å². The van der Waals surface area contributed by atoms with Gasteiger partial charge in [0.2, 0.25) is 15.9 Å². The molecular formula is C23H32N2O4S. The normalized spacial score (nSPS) is 12.5. The Balaban J connectivity index is 2.17. The Morgan fingerprint density at radius 1 is 1.07 bits per heavy atom. The summed E-state index contributed by atoms with van der Waals surface area (Å²) in [5.41, 5.74) is 3.77. The van der Waals surface area contributed by atoms with Gasteiger partial charge in [-0.2, -0.15) is 0 Å². The third-order valence-electron chi connectivity index (χ3n) is 4.86. The van der Waals surface area contributed by atoms with Crippen molar-refractivity contribution < 1.29 is 17.9 Å². The zero-order chi connectivity index (χ0) is 22.5. The quantitative estimate of drug-likeness (QED) is 0.647. The first-order chi connectivity index (χ1) is 14.0. The molecule has 0 unspecified atom stereocenters. The molecule has 0 radical (unpaired) electrons. The van der Waals surface area contributed by atoms with Gasteiger partial charge in [-0.25, -0.2) is 8.42 Å². The summed E-state index contributed by atoms with van der Waals surface area (Å²) in [5.74, 6) is 0.292. The van der Waals surface area contributed by atoms with Crippen LogP contribution in [0.5, 0.6) is 5.75 Å². The number of hydrogen-bond acceptors (Lipinski definition) is 4. The maximum Gasteiger partial charge on any atom is 0.241 e. The van der Waals surface area contributed by atoms with Crippen LogP contribution in [0.3, 0.4) is 0 Å². The molecule has 2 rings (SSSR count). The number of carbonyl (C=O) groups excluding carboxylic acids is 1. The molecule has 0 fully saturated rings. The minimum absolute atomic E-state index is 0.0176. The van der Waals surface area contributed by atoms with Gasteiger partial charge in [0.05, 0.1) is 24.1 Å². The summed E-state index contributed by atoms with van der Waals surface area (Å²) in [4.78, 5) is 12.7. The summed E-state index contributed by atoms with van der Waals surface area (Å²) in [6.45, 7) is 9.61. The molecule has 0 heterocycles. The summed E-state index contributed by atoms with van der Waals surface area (Å²) in [6, 6.07) is 12.6. The number of hydrogen-bond donors (Lipinski definition) is 1. The topological polar surface area (TPSA) is 75.7 Å². The molecule has 2 aromatic carbocycles. The molecule has 30 heavy (non-hydrogen) atoms. The molecular weight excluding hydrogens is 400 g/mol. The highest BCUT2D eigenvalue weighted by Gasteiger charge is 2.23. The molecule has 2 aromatic rings. The monoisotopic (exact) mass is 432 g/mol. The van der Waals surface area contributed by atoms with Crippen LogP contribution in [0, 0.1) is 13.8 Å². The van der Waals surface area contributed by atoms with Gasteiger partial charge in [-0.1, -0.05) is 25.1 Å². The van der Waals surface area contributed by atoms with E-state index in [1.807, 2.05) is 46.8 Å². The van der Waals surface area contributed by atoms with E-state index in [1.165, 1.54) is 5.56 Å². The fourth-order valence-electron chi connectivity index (χ4n) is 3.14. The van der Waals surface area contributed by atoms with E-state index in [4.69, 9.17) is 4.74 Å². The van der Waals surface area contributed by atoms with Gasteiger partial charge in [0.15, 0.2) is 0 Å². The maximum absolute atomic E-state index is 12.7. The number of ether oxygens (including phenoxy) is 1. The van der Waals surface area contributed by atoms with Crippen LogP contribution in [0.4, 0.5) is 5.69 Å². The van der Waals surface area contributed by atoms with Crippen LogP contribution in [0.2, 0.25) is 0 Å². The Kier molecular flexibility index (Phi) is 7.89. The first-order valence-corrected chi connectivity index (χ1v) is 12.0. The minimum atomic E-state index is -3.64. The van der Waals surface area contributed by atoms with E-state index in [2.05, 4.69) is 11.4 Å². The van der Waals surface area contributed by atoms with E-state index >= 15 is 0 Å². The Hall–Kier alpha value is -2.54. The van der Waals surface area contributed by atoms with Gasteiger partial charge in [-0.05, 0) is 75.1 Å². The van der Waals surface area contributed by atoms with E-state index in [1.54, 1.807) is 24.3 Å². The smallest absolute Gasteiger partial charge is 0.241 e. The lowest BCUT2D eigenvalue weighted by atomic mass is 9.99. The van der Waals surface area contributed by atoms with Crippen LogP contribution in [-0.2, 0) is 14.8 Å². The average Bonchev–Trinajstić information content (AvgIpc) is 2.66. The zero-order valence-corrected chi connectivity index (χ0v) is 19.4. The van der Waals surface area contributed by atoms with Crippen molar-refractivity contribution in [2.24, 2.45) is 0 Å². The predicted octanol–water partition coefficient (Wildman–Crippen LogP) is 4.12. The molecule has 0 saturated carbocycles. The SMILES string of the molecule is CC[C@H](NC(=O)CN(c1ccc(OC(C)C)cc1)S(C)(=O)=O)c1ccc(C)c(C)c1. The second kappa shape index (κ2) is 9.98.